The minimum atomic E-state index is -4.55. The number of carbonyl (C=O) groups excluding carboxylic acids is 1. The van der Waals surface area contributed by atoms with Gasteiger partial charge in [-0.05, 0) is 23.3 Å². The second-order valence-corrected chi connectivity index (χ2v) is 5.43. The molecule has 136 valence electrons. The summed E-state index contributed by atoms with van der Waals surface area (Å²) in [7, 11) is 0. The lowest BCUT2D eigenvalue weighted by atomic mass is 9.97. The quantitative estimate of drug-likeness (QED) is 0.655. The van der Waals surface area contributed by atoms with Gasteiger partial charge in [-0.3, -0.25) is 14.8 Å². The zero-order valence-corrected chi connectivity index (χ0v) is 14.5. The van der Waals surface area contributed by atoms with Crippen LogP contribution in [0.1, 0.15) is 30.5 Å². The lowest BCUT2D eigenvalue weighted by Gasteiger charge is -2.15. The Hall–Kier alpha value is -2.76. The van der Waals surface area contributed by atoms with Crippen LogP contribution >= 0.6 is 0 Å². The second-order valence-electron chi connectivity index (χ2n) is 5.43. The van der Waals surface area contributed by atoms with Gasteiger partial charge >= 0.3 is 6.18 Å². The Balaban J connectivity index is 0.00000117. The lowest BCUT2D eigenvalue weighted by Crippen LogP contribution is -2.15. The molecule has 0 radical (unpaired) electrons. The average Bonchev–Trinajstić information content (AvgIpc) is 2.63. The maximum Gasteiger partial charge on any atom is 0.417 e. The smallest absolute Gasteiger partial charge is 0.299 e. The van der Waals surface area contributed by atoms with Crippen molar-refractivity contribution in [1.29, 1.82) is 0 Å². The molecule has 0 spiro atoms. The van der Waals surface area contributed by atoms with Crippen molar-refractivity contribution in [2.24, 2.45) is 0 Å². The summed E-state index contributed by atoms with van der Waals surface area (Å²) < 4.78 is 40.5. The number of fused-ring (bicyclic) bond motifs is 1. The van der Waals surface area contributed by atoms with Crippen LogP contribution in [0, 0.1) is 0 Å². The molecular formula is C20H19F3N2O. The lowest BCUT2D eigenvalue weighted by molar-refractivity contribution is -0.137. The number of carbonyl (C=O) groups is 1. The van der Waals surface area contributed by atoms with Gasteiger partial charge in [-0.1, -0.05) is 38.1 Å². The molecule has 0 amide bonds. The minimum absolute atomic E-state index is 0.0108. The zero-order chi connectivity index (χ0) is 19.2. The largest absolute Gasteiger partial charge is 0.417 e. The van der Waals surface area contributed by atoms with Gasteiger partial charge in [0.05, 0.1) is 11.1 Å². The monoisotopic (exact) mass is 360 g/mol. The molecule has 26 heavy (non-hydrogen) atoms. The van der Waals surface area contributed by atoms with E-state index in [-0.39, 0.29) is 35.1 Å². The van der Waals surface area contributed by atoms with Crippen molar-refractivity contribution >= 4 is 16.7 Å². The molecule has 3 nitrogen and oxygen atoms in total. The van der Waals surface area contributed by atoms with E-state index in [0.29, 0.717) is 5.56 Å². The Morgan fingerprint density at radius 1 is 1.00 bits per heavy atom. The van der Waals surface area contributed by atoms with Crippen LogP contribution in [0.25, 0.3) is 10.9 Å². The summed E-state index contributed by atoms with van der Waals surface area (Å²) in [6.07, 6.45) is -0.581. The van der Waals surface area contributed by atoms with Crippen LogP contribution < -0.4 is 0 Å². The Labute approximate surface area is 149 Å². The van der Waals surface area contributed by atoms with Gasteiger partial charge in [-0.2, -0.15) is 13.2 Å². The van der Waals surface area contributed by atoms with Gasteiger partial charge in [0, 0.05) is 36.8 Å². The van der Waals surface area contributed by atoms with Crippen molar-refractivity contribution in [2.45, 2.75) is 32.9 Å². The molecular weight excluding hydrogens is 341 g/mol. The van der Waals surface area contributed by atoms with Crippen LogP contribution in [0.2, 0.25) is 0 Å². The maximum atomic E-state index is 13.5. The van der Waals surface area contributed by atoms with Crippen molar-refractivity contribution < 1.29 is 18.0 Å². The fourth-order valence-corrected chi connectivity index (χ4v) is 2.66. The molecule has 0 N–H and O–H groups in total. The third-order valence-electron chi connectivity index (χ3n) is 3.65. The van der Waals surface area contributed by atoms with Crippen molar-refractivity contribution in [3.63, 3.8) is 0 Å². The van der Waals surface area contributed by atoms with Crippen molar-refractivity contribution in [3.8, 4) is 0 Å². The van der Waals surface area contributed by atoms with E-state index in [2.05, 4.69) is 9.97 Å². The number of hydrogen-bond donors (Lipinski definition) is 0. The van der Waals surface area contributed by atoms with E-state index >= 15 is 0 Å². The molecule has 0 fully saturated rings. The molecule has 0 bridgehead atoms. The molecule has 0 aliphatic rings. The van der Waals surface area contributed by atoms with Gasteiger partial charge in [0.2, 0.25) is 0 Å². The maximum absolute atomic E-state index is 13.5. The SMILES string of the molecule is CC.O=C(Cc1cccnc1)Cc1cnc2ccccc2c1C(F)(F)F. The topological polar surface area (TPSA) is 42.9 Å². The first-order chi connectivity index (χ1) is 12.4. The molecule has 2 aromatic heterocycles. The molecule has 0 saturated carbocycles. The Kier molecular flexibility index (Phi) is 6.44. The first-order valence-electron chi connectivity index (χ1n) is 8.29. The molecule has 0 atom stereocenters. The predicted octanol–water partition coefficient (Wildman–Crippen LogP) is 5.03. The number of aromatic nitrogens is 2. The van der Waals surface area contributed by atoms with Crippen LogP contribution in [0.3, 0.4) is 0 Å². The second kappa shape index (κ2) is 8.56. The van der Waals surface area contributed by atoms with E-state index in [0.717, 1.165) is 6.20 Å². The fraction of sp³-hybridized carbons (Fsp3) is 0.250. The third-order valence-corrected chi connectivity index (χ3v) is 3.65. The van der Waals surface area contributed by atoms with Crippen LogP contribution in [-0.4, -0.2) is 15.8 Å². The number of hydrogen-bond acceptors (Lipinski definition) is 3. The number of benzene rings is 1. The van der Waals surface area contributed by atoms with E-state index in [1.165, 1.54) is 24.4 Å². The highest BCUT2D eigenvalue weighted by molar-refractivity contribution is 5.88. The van der Waals surface area contributed by atoms with Gasteiger partial charge in [-0.25, -0.2) is 0 Å². The third kappa shape index (κ3) is 4.65. The first kappa shape index (κ1) is 19.6. The van der Waals surface area contributed by atoms with Crippen LogP contribution in [-0.2, 0) is 23.8 Å². The fourth-order valence-electron chi connectivity index (χ4n) is 2.66. The van der Waals surface area contributed by atoms with E-state index < -0.39 is 11.7 Å². The normalized spacial score (nSPS) is 11.0. The summed E-state index contributed by atoms with van der Waals surface area (Å²) in [5.74, 6) is -0.314. The Morgan fingerprint density at radius 3 is 2.38 bits per heavy atom. The van der Waals surface area contributed by atoms with Crippen LogP contribution in [0.4, 0.5) is 13.2 Å². The van der Waals surface area contributed by atoms with Crippen molar-refractivity contribution in [1.82, 2.24) is 9.97 Å². The van der Waals surface area contributed by atoms with E-state index in [1.807, 2.05) is 13.8 Å². The Morgan fingerprint density at radius 2 is 1.73 bits per heavy atom. The number of pyridine rings is 2. The van der Waals surface area contributed by atoms with Crippen LogP contribution in [0.15, 0.2) is 55.0 Å². The molecule has 0 aliphatic carbocycles. The van der Waals surface area contributed by atoms with E-state index in [4.69, 9.17) is 0 Å². The molecule has 3 rings (SSSR count). The van der Waals surface area contributed by atoms with Gasteiger partial charge in [0.15, 0.2) is 0 Å². The number of rotatable bonds is 4. The molecule has 6 heteroatoms. The van der Waals surface area contributed by atoms with Crippen molar-refractivity contribution in [3.05, 3.63) is 71.7 Å². The summed E-state index contributed by atoms with van der Waals surface area (Å²) in [5.41, 5.74) is 0.0424. The molecule has 0 aliphatic heterocycles. The number of ketones is 1. The van der Waals surface area contributed by atoms with E-state index in [9.17, 15) is 18.0 Å². The highest BCUT2D eigenvalue weighted by Gasteiger charge is 2.36. The van der Waals surface area contributed by atoms with Crippen LogP contribution in [0.5, 0.6) is 0 Å². The standard InChI is InChI=1S/C18H13F3N2O.C2H6/c19-18(20,21)17-13(11-23-16-6-2-1-5-15(16)17)9-14(24)8-12-4-3-7-22-10-12;1-2/h1-7,10-11H,8-9H2;1-2H3. The summed E-state index contributed by atoms with van der Waals surface area (Å²) >= 11 is 0. The highest BCUT2D eigenvalue weighted by Crippen LogP contribution is 2.37. The summed E-state index contributed by atoms with van der Waals surface area (Å²) in [5, 5.41) is 0.0108. The average molecular weight is 360 g/mol. The molecule has 0 saturated heterocycles. The minimum Gasteiger partial charge on any atom is -0.299 e. The predicted molar refractivity (Wildman–Crippen MR) is 94.7 cm³/mol. The summed E-state index contributed by atoms with van der Waals surface area (Å²) in [4.78, 5) is 20.1. The van der Waals surface area contributed by atoms with Crippen molar-refractivity contribution in [2.75, 3.05) is 0 Å². The number of nitrogens with zero attached hydrogens (tertiary/aromatic N) is 2. The zero-order valence-electron chi connectivity index (χ0n) is 14.5. The number of halogens is 3. The summed E-state index contributed by atoms with van der Waals surface area (Å²) in [6, 6.07) is 9.45. The number of alkyl halides is 3. The number of Topliss-reactive ketones (excluding diaryl/α,β-unsaturated/α-hetero) is 1. The first-order valence-corrected chi connectivity index (χ1v) is 8.29. The summed E-state index contributed by atoms with van der Waals surface area (Å²) in [6.45, 7) is 4.00. The van der Waals surface area contributed by atoms with Gasteiger partial charge in [0.25, 0.3) is 0 Å². The van der Waals surface area contributed by atoms with Gasteiger partial charge in [-0.15, -0.1) is 0 Å². The molecule has 1 aromatic carbocycles. The van der Waals surface area contributed by atoms with Gasteiger partial charge in [0.1, 0.15) is 5.78 Å². The molecule has 0 unspecified atom stereocenters. The molecule has 3 aromatic rings. The highest BCUT2D eigenvalue weighted by atomic mass is 19.4. The van der Waals surface area contributed by atoms with Gasteiger partial charge < -0.3 is 0 Å². The number of para-hydroxylation sites is 1. The molecule has 2 heterocycles. The Bertz CT molecular complexity index is 877. The van der Waals surface area contributed by atoms with E-state index in [1.54, 1.807) is 24.4 Å².